The maximum atomic E-state index is 13.2. The molecule has 0 radical (unpaired) electrons. The van der Waals surface area contributed by atoms with Gasteiger partial charge in [-0.3, -0.25) is 0 Å². The van der Waals surface area contributed by atoms with E-state index in [0.717, 1.165) is 6.07 Å². The quantitative estimate of drug-likeness (QED) is 0.670. The molecule has 0 saturated heterocycles. The van der Waals surface area contributed by atoms with E-state index in [1.165, 1.54) is 18.2 Å². The first-order valence-corrected chi connectivity index (χ1v) is 5.65. The maximum Gasteiger partial charge on any atom is 0.419 e. The summed E-state index contributed by atoms with van der Waals surface area (Å²) in [6, 6.07) is 8.20. The molecular weight excluding hydrogens is 288 g/mol. The topological polar surface area (TPSA) is 59.0 Å². The average Bonchev–Trinajstić information content (AvgIpc) is 2.42. The first-order valence-electron chi connectivity index (χ1n) is 5.65. The number of nitrogen functional groups attached to an aromatic ring is 1. The molecule has 0 aromatic heterocycles. The number of anilines is 1. The van der Waals surface area contributed by atoms with E-state index in [1.54, 1.807) is 0 Å². The molecule has 0 spiro atoms. The van der Waals surface area contributed by atoms with Crippen LogP contribution in [0.2, 0.25) is 0 Å². The minimum Gasteiger partial charge on any atom is -0.455 e. The van der Waals surface area contributed by atoms with Gasteiger partial charge in [0.2, 0.25) is 0 Å². The van der Waals surface area contributed by atoms with Gasteiger partial charge in [-0.05, 0) is 30.3 Å². The van der Waals surface area contributed by atoms with E-state index in [2.05, 4.69) is 0 Å². The molecule has 0 aliphatic carbocycles. The van der Waals surface area contributed by atoms with Crippen LogP contribution in [0.5, 0.6) is 11.5 Å². The highest BCUT2D eigenvalue weighted by atomic mass is 19.4. The standard InChI is InChI=1S/C14H8F4N2O/c15-11-3-2-9(6-10(11)14(16,17)18)21-13-5-8(7-19)1-4-12(13)20/h1-6H,20H2. The van der Waals surface area contributed by atoms with Crippen molar-refractivity contribution in [3.63, 3.8) is 0 Å². The van der Waals surface area contributed by atoms with Crippen LogP contribution in [-0.4, -0.2) is 0 Å². The summed E-state index contributed by atoms with van der Waals surface area (Å²) in [5.41, 5.74) is 4.56. The number of benzene rings is 2. The Kier molecular flexibility index (Phi) is 3.72. The van der Waals surface area contributed by atoms with E-state index in [-0.39, 0.29) is 22.7 Å². The number of hydrogen-bond acceptors (Lipinski definition) is 3. The van der Waals surface area contributed by atoms with E-state index in [4.69, 9.17) is 15.7 Å². The molecule has 3 nitrogen and oxygen atoms in total. The van der Waals surface area contributed by atoms with Gasteiger partial charge >= 0.3 is 6.18 Å². The lowest BCUT2D eigenvalue weighted by molar-refractivity contribution is -0.140. The Morgan fingerprint density at radius 1 is 1.10 bits per heavy atom. The van der Waals surface area contributed by atoms with Crippen molar-refractivity contribution >= 4 is 5.69 Å². The third kappa shape index (κ3) is 3.23. The lowest BCUT2D eigenvalue weighted by atomic mass is 10.2. The van der Waals surface area contributed by atoms with Crippen molar-refractivity contribution in [1.29, 1.82) is 5.26 Å². The molecule has 0 heterocycles. The average molecular weight is 296 g/mol. The Balaban J connectivity index is 2.39. The SMILES string of the molecule is N#Cc1ccc(N)c(Oc2ccc(F)c(C(F)(F)F)c2)c1. The van der Waals surface area contributed by atoms with E-state index < -0.39 is 17.6 Å². The molecular formula is C14H8F4N2O. The highest BCUT2D eigenvalue weighted by Crippen LogP contribution is 2.35. The van der Waals surface area contributed by atoms with Crippen molar-refractivity contribution in [2.45, 2.75) is 6.18 Å². The first kappa shape index (κ1) is 14.7. The molecule has 0 aliphatic heterocycles. The van der Waals surface area contributed by atoms with Crippen LogP contribution in [0.4, 0.5) is 23.2 Å². The Morgan fingerprint density at radius 2 is 1.81 bits per heavy atom. The molecule has 2 rings (SSSR count). The number of alkyl halides is 3. The summed E-state index contributed by atoms with van der Waals surface area (Å²) in [6.07, 6.45) is -4.83. The normalized spacial score (nSPS) is 11.0. The van der Waals surface area contributed by atoms with Crippen LogP contribution in [0.3, 0.4) is 0 Å². The summed E-state index contributed by atoms with van der Waals surface area (Å²) in [7, 11) is 0. The van der Waals surface area contributed by atoms with Crippen LogP contribution in [0.15, 0.2) is 36.4 Å². The van der Waals surface area contributed by atoms with Gasteiger partial charge in [0, 0.05) is 6.07 Å². The van der Waals surface area contributed by atoms with Gasteiger partial charge in [-0.25, -0.2) is 4.39 Å². The van der Waals surface area contributed by atoms with Crippen LogP contribution in [0.1, 0.15) is 11.1 Å². The van der Waals surface area contributed by atoms with Crippen molar-refractivity contribution in [3.8, 4) is 17.6 Å². The summed E-state index contributed by atoms with van der Waals surface area (Å²) >= 11 is 0. The second kappa shape index (κ2) is 5.32. The van der Waals surface area contributed by atoms with Crippen LogP contribution >= 0.6 is 0 Å². The number of ether oxygens (including phenoxy) is 1. The lowest BCUT2D eigenvalue weighted by Gasteiger charge is -2.12. The molecule has 7 heteroatoms. The maximum absolute atomic E-state index is 13.2. The summed E-state index contributed by atoms with van der Waals surface area (Å²) in [6.45, 7) is 0. The Bertz CT molecular complexity index is 720. The molecule has 0 aliphatic rings. The minimum atomic E-state index is -4.83. The zero-order valence-electron chi connectivity index (χ0n) is 10.4. The fourth-order valence-corrected chi connectivity index (χ4v) is 1.60. The second-order valence-corrected chi connectivity index (χ2v) is 4.11. The number of nitrogens with two attached hydrogens (primary N) is 1. The van der Waals surface area contributed by atoms with Gasteiger partial charge in [0.05, 0.1) is 22.9 Å². The van der Waals surface area contributed by atoms with Crippen molar-refractivity contribution in [2.75, 3.05) is 5.73 Å². The number of hydrogen-bond donors (Lipinski definition) is 1. The minimum absolute atomic E-state index is 0.0220. The predicted molar refractivity (Wildman–Crippen MR) is 67.0 cm³/mol. The highest BCUT2D eigenvalue weighted by molar-refractivity contribution is 5.57. The monoisotopic (exact) mass is 296 g/mol. The van der Waals surface area contributed by atoms with Crippen molar-refractivity contribution in [1.82, 2.24) is 0 Å². The van der Waals surface area contributed by atoms with E-state index in [0.29, 0.717) is 12.1 Å². The number of rotatable bonds is 2. The molecule has 2 aromatic rings. The molecule has 21 heavy (non-hydrogen) atoms. The molecule has 0 atom stereocenters. The van der Waals surface area contributed by atoms with E-state index in [1.807, 2.05) is 6.07 Å². The highest BCUT2D eigenvalue weighted by Gasteiger charge is 2.34. The number of nitriles is 1. The third-order valence-corrected chi connectivity index (χ3v) is 2.61. The van der Waals surface area contributed by atoms with Crippen LogP contribution in [0.25, 0.3) is 0 Å². The molecule has 0 unspecified atom stereocenters. The molecule has 2 N–H and O–H groups in total. The summed E-state index contributed by atoms with van der Waals surface area (Å²) < 4.78 is 56.2. The first-order chi connectivity index (χ1) is 9.81. The van der Waals surface area contributed by atoms with Crippen LogP contribution in [0, 0.1) is 17.1 Å². The zero-order valence-corrected chi connectivity index (χ0v) is 10.4. The van der Waals surface area contributed by atoms with Gasteiger partial charge in [-0.2, -0.15) is 18.4 Å². The van der Waals surface area contributed by atoms with Gasteiger partial charge < -0.3 is 10.5 Å². The summed E-state index contributed by atoms with van der Waals surface area (Å²) in [5.74, 6) is -1.60. The Labute approximate surface area is 117 Å². The van der Waals surface area contributed by atoms with Gasteiger partial charge in [-0.15, -0.1) is 0 Å². The van der Waals surface area contributed by atoms with Crippen LogP contribution in [-0.2, 0) is 6.18 Å². The predicted octanol–water partition coefficient (Wildman–Crippen LogP) is 4.09. The molecule has 108 valence electrons. The fraction of sp³-hybridized carbons (Fsp3) is 0.0714. The number of halogens is 4. The largest absolute Gasteiger partial charge is 0.455 e. The van der Waals surface area contributed by atoms with Gasteiger partial charge in [0.15, 0.2) is 5.75 Å². The van der Waals surface area contributed by atoms with Crippen molar-refractivity contribution < 1.29 is 22.3 Å². The molecule has 0 bridgehead atoms. The molecule has 0 amide bonds. The zero-order chi connectivity index (χ0) is 15.6. The lowest BCUT2D eigenvalue weighted by Crippen LogP contribution is -2.08. The second-order valence-electron chi connectivity index (χ2n) is 4.11. The third-order valence-electron chi connectivity index (χ3n) is 2.61. The molecule has 0 saturated carbocycles. The molecule has 2 aromatic carbocycles. The fourth-order valence-electron chi connectivity index (χ4n) is 1.60. The van der Waals surface area contributed by atoms with Crippen molar-refractivity contribution in [2.24, 2.45) is 0 Å². The van der Waals surface area contributed by atoms with Crippen LogP contribution < -0.4 is 10.5 Å². The Morgan fingerprint density at radius 3 is 2.43 bits per heavy atom. The number of nitrogens with zero attached hydrogens (tertiary/aromatic N) is 1. The molecule has 0 fully saturated rings. The Hall–Kier alpha value is -2.75. The smallest absolute Gasteiger partial charge is 0.419 e. The van der Waals surface area contributed by atoms with Gasteiger partial charge in [0.25, 0.3) is 0 Å². The van der Waals surface area contributed by atoms with Crippen molar-refractivity contribution in [3.05, 3.63) is 53.3 Å². The van der Waals surface area contributed by atoms with E-state index in [9.17, 15) is 17.6 Å². The van der Waals surface area contributed by atoms with Gasteiger partial charge in [0.1, 0.15) is 11.6 Å². The van der Waals surface area contributed by atoms with Gasteiger partial charge in [-0.1, -0.05) is 0 Å². The van der Waals surface area contributed by atoms with E-state index >= 15 is 0 Å². The summed E-state index contributed by atoms with van der Waals surface area (Å²) in [4.78, 5) is 0. The summed E-state index contributed by atoms with van der Waals surface area (Å²) in [5, 5.41) is 8.76.